The topological polar surface area (TPSA) is 27.7 Å². The van der Waals surface area contributed by atoms with Crippen LogP contribution >= 0.6 is 11.6 Å². The van der Waals surface area contributed by atoms with E-state index >= 15 is 0 Å². The number of hydrogen-bond donors (Lipinski definition) is 0. The molecule has 3 atom stereocenters. The third-order valence-corrected chi connectivity index (χ3v) is 3.32. The Balaban J connectivity index is 2.06. The van der Waals surface area contributed by atoms with Gasteiger partial charge in [-0.25, -0.2) is 0 Å². The minimum absolute atomic E-state index is 0.0306. The van der Waals surface area contributed by atoms with E-state index in [0.29, 0.717) is 13.0 Å². The molecule has 0 heterocycles. The first-order valence-corrected chi connectivity index (χ1v) is 6.61. The lowest BCUT2D eigenvalue weighted by molar-refractivity contribution is -0.275. The van der Waals surface area contributed by atoms with Gasteiger partial charge in [0.05, 0.1) is 5.38 Å². The Morgan fingerprint density at radius 2 is 1.90 bits per heavy atom. The molecule has 0 spiro atoms. The molecular weight excluding hydrogens is 297 g/mol. The maximum absolute atomic E-state index is 12.3. The van der Waals surface area contributed by atoms with Gasteiger partial charge < -0.3 is 14.2 Å². The summed E-state index contributed by atoms with van der Waals surface area (Å²) in [6.07, 6.45) is -4.92. The molecule has 2 rings (SSSR count). The molecule has 0 amide bonds. The monoisotopic (exact) mass is 310 g/mol. The summed E-state index contributed by atoms with van der Waals surface area (Å²) in [5, 5.41) is -0.185. The van der Waals surface area contributed by atoms with Crippen LogP contribution in [0.1, 0.15) is 13.3 Å². The van der Waals surface area contributed by atoms with Crippen molar-refractivity contribution in [1.29, 1.82) is 0 Å². The van der Waals surface area contributed by atoms with E-state index < -0.39 is 6.36 Å². The second kappa shape index (κ2) is 6.10. The summed E-state index contributed by atoms with van der Waals surface area (Å²) in [6, 6.07) is 5.64. The SMILES string of the molecule is CCOC1C(Cl)CC1Oc1ccccc1OC(F)(F)F. The van der Waals surface area contributed by atoms with E-state index in [1.54, 1.807) is 6.07 Å². The van der Waals surface area contributed by atoms with Gasteiger partial charge in [-0.15, -0.1) is 24.8 Å². The van der Waals surface area contributed by atoms with Crippen LogP contribution in [0.15, 0.2) is 24.3 Å². The van der Waals surface area contributed by atoms with Crippen LogP contribution in [0.4, 0.5) is 13.2 Å². The minimum atomic E-state index is -4.76. The Labute approximate surface area is 119 Å². The van der Waals surface area contributed by atoms with Gasteiger partial charge in [-0.3, -0.25) is 0 Å². The van der Waals surface area contributed by atoms with E-state index in [1.165, 1.54) is 18.2 Å². The Kier molecular flexibility index (Phi) is 4.65. The number of ether oxygens (including phenoxy) is 3. The molecule has 1 saturated carbocycles. The Bertz CT molecular complexity index is 453. The molecule has 3 nitrogen and oxygen atoms in total. The molecule has 0 aromatic heterocycles. The van der Waals surface area contributed by atoms with Crippen LogP contribution in [0.2, 0.25) is 0 Å². The molecule has 1 aromatic carbocycles. The lowest BCUT2D eigenvalue weighted by atomic mass is 9.91. The van der Waals surface area contributed by atoms with Gasteiger partial charge in [0.25, 0.3) is 0 Å². The highest BCUT2D eigenvalue weighted by Crippen LogP contribution is 2.37. The molecule has 1 fully saturated rings. The highest BCUT2D eigenvalue weighted by Gasteiger charge is 2.43. The molecular formula is C13H14ClF3O3. The number of rotatable bonds is 5. The first-order chi connectivity index (χ1) is 9.40. The van der Waals surface area contributed by atoms with Gasteiger partial charge in [0, 0.05) is 13.0 Å². The van der Waals surface area contributed by atoms with Crippen LogP contribution in [-0.4, -0.2) is 30.6 Å². The van der Waals surface area contributed by atoms with Crippen LogP contribution in [0.3, 0.4) is 0 Å². The zero-order valence-electron chi connectivity index (χ0n) is 10.7. The van der Waals surface area contributed by atoms with Crippen molar-refractivity contribution in [2.24, 2.45) is 0 Å². The zero-order chi connectivity index (χ0) is 14.8. The van der Waals surface area contributed by atoms with Gasteiger partial charge in [-0.05, 0) is 19.1 Å². The molecule has 1 aromatic rings. The number of hydrogen-bond acceptors (Lipinski definition) is 3. The third kappa shape index (κ3) is 3.70. The molecule has 0 aliphatic heterocycles. The maximum atomic E-state index is 12.3. The van der Waals surface area contributed by atoms with Crippen LogP contribution in [-0.2, 0) is 4.74 Å². The molecule has 0 radical (unpaired) electrons. The maximum Gasteiger partial charge on any atom is 0.573 e. The molecule has 3 unspecified atom stereocenters. The van der Waals surface area contributed by atoms with E-state index in [1.807, 2.05) is 6.92 Å². The summed E-state index contributed by atoms with van der Waals surface area (Å²) >= 11 is 5.98. The van der Waals surface area contributed by atoms with Crippen LogP contribution in [0.25, 0.3) is 0 Å². The average molecular weight is 311 g/mol. The highest BCUT2D eigenvalue weighted by molar-refractivity contribution is 6.21. The van der Waals surface area contributed by atoms with Crippen molar-refractivity contribution in [3.8, 4) is 11.5 Å². The minimum Gasteiger partial charge on any atom is -0.484 e. The summed E-state index contributed by atoms with van der Waals surface area (Å²) in [5.74, 6) is -0.337. The predicted octanol–water partition coefficient (Wildman–Crippen LogP) is 3.75. The van der Waals surface area contributed by atoms with Gasteiger partial charge in [0.2, 0.25) is 0 Å². The van der Waals surface area contributed by atoms with Crippen LogP contribution in [0, 0.1) is 0 Å². The summed E-state index contributed by atoms with van der Waals surface area (Å²) in [5.41, 5.74) is 0. The number of alkyl halides is 4. The number of para-hydroxylation sites is 2. The quantitative estimate of drug-likeness (QED) is 0.775. The van der Waals surface area contributed by atoms with E-state index in [4.69, 9.17) is 21.1 Å². The average Bonchev–Trinajstić information content (AvgIpc) is 2.36. The number of benzene rings is 1. The predicted molar refractivity (Wildman–Crippen MR) is 67.2 cm³/mol. The first kappa shape index (κ1) is 15.3. The fourth-order valence-corrected chi connectivity index (χ4v) is 2.38. The van der Waals surface area contributed by atoms with Gasteiger partial charge in [-0.1, -0.05) is 12.1 Å². The van der Waals surface area contributed by atoms with Crippen LogP contribution < -0.4 is 9.47 Å². The molecule has 7 heteroatoms. The van der Waals surface area contributed by atoms with E-state index in [9.17, 15) is 13.2 Å². The summed E-state index contributed by atoms with van der Waals surface area (Å²) in [6.45, 7) is 2.29. The van der Waals surface area contributed by atoms with Crippen molar-refractivity contribution in [2.75, 3.05) is 6.61 Å². The Morgan fingerprint density at radius 1 is 1.25 bits per heavy atom. The Morgan fingerprint density at radius 3 is 2.45 bits per heavy atom. The molecule has 1 aliphatic carbocycles. The van der Waals surface area contributed by atoms with E-state index in [0.717, 1.165) is 0 Å². The molecule has 112 valence electrons. The smallest absolute Gasteiger partial charge is 0.484 e. The second-order valence-electron chi connectivity index (χ2n) is 4.32. The zero-order valence-corrected chi connectivity index (χ0v) is 11.4. The Hall–Kier alpha value is -1.14. The van der Waals surface area contributed by atoms with Crippen molar-refractivity contribution in [2.45, 2.75) is 37.3 Å². The van der Waals surface area contributed by atoms with Crippen molar-refractivity contribution in [3.05, 3.63) is 24.3 Å². The normalized spacial score (nSPS) is 25.9. The van der Waals surface area contributed by atoms with Crippen LogP contribution in [0.5, 0.6) is 11.5 Å². The van der Waals surface area contributed by atoms with Gasteiger partial charge in [-0.2, -0.15) is 0 Å². The molecule has 1 aliphatic rings. The summed E-state index contributed by atoms with van der Waals surface area (Å²) < 4.78 is 51.7. The highest BCUT2D eigenvalue weighted by atomic mass is 35.5. The fourth-order valence-electron chi connectivity index (χ4n) is 1.97. The van der Waals surface area contributed by atoms with Gasteiger partial charge in [0.15, 0.2) is 11.5 Å². The molecule has 0 N–H and O–H groups in total. The number of halogens is 4. The summed E-state index contributed by atoms with van der Waals surface area (Å²) in [4.78, 5) is 0. The van der Waals surface area contributed by atoms with E-state index in [2.05, 4.69) is 4.74 Å². The first-order valence-electron chi connectivity index (χ1n) is 6.18. The third-order valence-electron chi connectivity index (χ3n) is 2.89. The fraction of sp³-hybridized carbons (Fsp3) is 0.538. The van der Waals surface area contributed by atoms with Crippen molar-refractivity contribution >= 4 is 11.6 Å². The summed E-state index contributed by atoms with van der Waals surface area (Å²) in [7, 11) is 0. The lowest BCUT2D eigenvalue weighted by Crippen LogP contribution is -2.52. The standard InChI is InChI=1S/C13H14ClF3O3/c1-2-18-12-8(14)7-11(12)19-9-5-3-4-6-10(9)20-13(15,16)17/h3-6,8,11-12H,2,7H2,1H3. The van der Waals surface area contributed by atoms with Crippen molar-refractivity contribution in [3.63, 3.8) is 0 Å². The molecule has 20 heavy (non-hydrogen) atoms. The van der Waals surface area contributed by atoms with Gasteiger partial charge >= 0.3 is 6.36 Å². The lowest BCUT2D eigenvalue weighted by Gasteiger charge is -2.40. The van der Waals surface area contributed by atoms with E-state index in [-0.39, 0.29) is 29.1 Å². The second-order valence-corrected chi connectivity index (χ2v) is 4.88. The molecule has 0 saturated heterocycles. The van der Waals surface area contributed by atoms with Gasteiger partial charge in [0.1, 0.15) is 12.2 Å². The largest absolute Gasteiger partial charge is 0.573 e. The van der Waals surface area contributed by atoms with Crippen molar-refractivity contribution < 1.29 is 27.4 Å². The molecule has 0 bridgehead atoms. The van der Waals surface area contributed by atoms with Crippen molar-refractivity contribution in [1.82, 2.24) is 0 Å².